The molecule has 1 aromatic carbocycles. The van der Waals surface area contributed by atoms with Crippen LogP contribution in [0.5, 0.6) is 0 Å². The number of oxime groups is 1. The van der Waals surface area contributed by atoms with E-state index < -0.39 is 0 Å². The quantitative estimate of drug-likeness (QED) is 0.462. The summed E-state index contributed by atoms with van der Waals surface area (Å²) >= 11 is 9.53. The van der Waals surface area contributed by atoms with Crippen molar-refractivity contribution in [3.63, 3.8) is 0 Å². The smallest absolute Gasteiger partial charge is 0.225 e. The molecule has 1 aliphatic rings. The monoisotopic (exact) mass is 397 g/mol. The van der Waals surface area contributed by atoms with Crippen molar-refractivity contribution in [2.24, 2.45) is 10.6 Å². The highest BCUT2D eigenvalue weighted by molar-refractivity contribution is 6.40. The lowest BCUT2D eigenvalue weighted by Gasteiger charge is -2.21. The van der Waals surface area contributed by atoms with Crippen LogP contribution in [-0.4, -0.2) is 35.6 Å². The second kappa shape index (κ2) is 8.78. The number of carbonyl (C=O) groups is 1. The number of alkyl halides is 2. The van der Waals surface area contributed by atoms with Crippen LogP contribution >= 0.6 is 23.2 Å². The third-order valence-corrected chi connectivity index (χ3v) is 4.24. The molecule has 0 saturated heterocycles. The van der Waals surface area contributed by atoms with Crippen molar-refractivity contribution in [3.8, 4) is 0 Å². The van der Waals surface area contributed by atoms with Crippen molar-refractivity contribution in [3.05, 3.63) is 35.0 Å². The summed E-state index contributed by atoms with van der Waals surface area (Å²) in [6.45, 7) is 5.81. The van der Waals surface area contributed by atoms with Crippen LogP contribution in [-0.2, 0) is 22.5 Å². The third kappa shape index (κ3) is 4.92. The number of nitrogens with one attached hydrogen (secondary N) is 2. The van der Waals surface area contributed by atoms with Gasteiger partial charge in [0.2, 0.25) is 5.91 Å². The zero-order chi connectivity index (χ0) is 19.3. The van der Waals surface area contributed by atoms with Gasteiger partial charge in [-0.2, -0.15) is 0 Å². The van der Waals surface area contributed by atoms with E-state index in [9.17, 15) is 4.79 Å². The van der Waals surface area contributed by atoms with Crippen LogP contribution in [0.4, 0.5) is 0 Å². The van der Waals surface area contributed by atoms with Gasteiger partial charge in [-0.05, 0) is 29.7 Å². The van der Waals surface area contributed by atoms with Gasteiger partial charge in [-0.25, -0.2) is 0 Å². The van der Waals surface area contributed by atoms with Gasteiger partial charge in [0.05, 0.1) is 11.6 Å². The first-order valence-corrected chi connectivity index (χ1v) is 9.50. The minimum absolute atomic E-state index is 0.102. The number of halogens is 2. The Labute approximate surface area is 164 Å². The maximum absolute atomic E-state index is 12.2. The molecule has 1 atom stereocenters. The van der Waals surface area contributed by atoms with Crippen molar-refractivity contribution in [2.45, 2.75) is 39.7 Å². The molecule has 1 amide bonds. The number of aromatic nitrogens is 1. The Hall–Kier alpha value is -1.72. The minimum atomic E-state index is -0.359. The van der Waals surface area contributed by atoms with Crippen LogP contribution in [0.1, 0.15) is 37.6 Å². The number of carbonyl (C=O) groups excluding carboxylic acids is 1. The first kappa shape index (κ1) is 20.6. The predicted octanol–water partition coefficient (Wildman–Crippen LogP) is 4.20. The molecule has 142 valence electrons. The molecule has 0 unspecified atom stereocenters. The maximum atomic E-state index is 12.2. The lowest BCUT2D eigenvalue weighted by molar-refractivity contribution is -0.129. The van der Waals surface area contributed by atoms with Crippen molar-refractivity contribution in [2.75, 3.05) is 12.4 Å². The van der Waals surface area contributed by atoms with E-state index in [2.05, 4.69) is 27.6 Å². The molecule has 1 aliphatic carbocycles. The third-order valence-electron chi connectivity index (χ3n) is 4.24. The number of rotatable bonds is 3. The van der Waals surface area contributed by atoms with Gasteiger partial charge in [0.25, 0.3) is 0 Å². The molecule has 2 aromatic rings. The Balaban J connectivity index is 0.000000758. The van der Waals surface area contributed by atoms with Crippen molar-refractivity contribution in [1.82, 2.24) is 10.3 Å². The summed E-state index contributed by atoms with van der Waals surface area (Å²) in [7, 11) is 1.53. The SMILES string of the molecule is CON=Cc1ccc2[nH]c3c(c2c1)C[C@@H](NC(=O)C(C)(C)C)C3.ClCCl. The molecule has 0 saturated carbocycles. The Morgan fingerprint density at radius 2 is 2.08 bits per heavy atom. The molecule has 0 fully saturated rings. The van der Waals surface area contributed by atoms with E-state index in [1.165, 1.54) is 23.8 Å². The van der Waals surface area contributed by atoms with Crippen LogP contribution in [0, 0.1) is 5.41 Å². The van der Waals surface area contributed by atoms with Gasteiger partial charge in [-0.3, -0.25) is 4.79 Å². The first-order valence-electron chi connectivity index (χ1n) is 8.43. The zero-order valence-corrected chi connectivity index (χ0v) is 17.0. The molecule has 2 N–H and O–H groups in total. The summed E-state index contributed by atoms with van der Waals surface area (Å²) in [5.41, 5.74) is 4.29. The van der Waals surface area contributed by atoms with Gasteiger partial charge in [0.15, 0.2) is 0 Å². The first-order chi connectivity index (χ1) is 12.3. The van der Waals surface area contributed by atoms with E-state index in [4.69, 9.17) is 28.0 Å². The number of fused-ring (bicyclic) bond motifs is 3. The van der Waals surface area contributed by atoms with Crippen LogP contribution in [0.15, 0.2) is 23.4 Å². The van der Waals surface area contributed by atoms with Gasteiger partial charge in [0.1, 0.15) is 7.11 Å². The van der Waals surface area contributed by atoms with E-state index in [0.717, 1.165) is 23.9 Å². The van der Waals surface area contributed by atoms with E-state index in [0.29, 0.717) is 0 Å². The highest BCUT2D eigenvalue weighted by atomic mass is 35.5. The van der Waals surface area contributed by atoms with Crippen LogP contribution in [0.3, 0.4) is 0 Å². The second-order valence-corrected chi connectivity index (χ2v) is 8.04. The Morgan fingerprint density at radius 1 is 1.38 bits per heavy atom. The standard InChI is InChI=1S/C18H23N3O2.CH2Cl2/c1-18(2,3)17(22)20-12-8-14-13-7-11(10-19-23-4)5-6-15(13)21-16(14)9-12;2-1-3/h5-7,10,12,21H,8-9H2,1-4H3,(H,20,22);1H2/t12-;/m1./s1. The molecular weight excluding hydrogens is 373 g/mol. The number of hydrogen-bond donors (Lipinski definition) is 2. The topological polar surface area (TPSA) is 66.5 Å². The molecule has 0 bridgehead atoms. The fourth-order valence-corrected chi connectivity index (χ4v) is 2.99. The fraction of sp³-hybridized carbons (Fsp3) is 0.474. The van der Waals surface area contributed by atoms with Gasteiger partial charge in [0, 0.05) is 34.5 Å². The van der Waals surface area contributed by atoms with Gasteiger partial charge < -0.3 is 15.1 Å². The molecule has 0 aliphatic heterocycles. The molecule has 1 aromatic heterocycles. The lowest BCUT2D eigenvalue weighted by Crippen LogP contribution is -2.42. The van der Waals surface area contributed by atoms with Crippen LogP contribution < -0.4 is 5.32 Å². The predicted molar refractivity (Wildman–Crippen MR) is 108 cm³/mol. The van der Waals surface area contributed by atoms with Crippen LogP contribution in [0.25, 0.3) is 10.9 Å². The Bertz CT molecular complexity index is 794. The van der Waals surface area contributed by atoms with Crippen LogP contribution in [0.2, 0.25) is 0 Å². The number of aromatic amines is 1. The van der Waals surface area contributed by atoms with E-state index in [-0.39, 0.29) is 22.7 Å². The molecule has 0 radical (unpaired) electrons. The minimum Gasteiger partial charge on any atom is -0.399 e. The summed E-state index contributed by atoms with van der Waals surface area (Å²) in [6.07, 6.45) is 3.42. The summed E-state index contributed by atoms with van der Waals surface area (Å²) in [6, 6.07) is 6.35. The van der Waals surface area contributed by atoms with Gasteiger partial charge >= 0.3 is 0 Å². The Morgan fingerprint density at radius 3 is 2.69 bits per heavy atom. The van der Waals surface area contributed by atoms with Gasteiger partial charge in [-0.15, -0.1) is 23.2 Å². The summed E-state index contributed by atoms with van der Waals surface area (Å²) in [4.78, 5) is 20.4. The average molecular weight is 398 g/mol. The molecule has 7 heteroatoms. The van der Waals surface area contributed by atoms with Crippen molar-refractivity contribution in [1.29, 1.82) is 0 Å². The summed E-state index contributed by atoms with van der Waals surface area (Å²) in [5, 5.41) is 8.37. The molecule has 26 heavy (non-hydrogen) atoms. The highest BCUT2D eigenvalue weighted by Gasteiger charge is 2.30. The number of H-pyrrole nitrogens is 1. The van der Waals surface area contributed by atoms with Gasteiger partial charge in [-0.1, -0.05) is 32.0 Å². The highest BCUT2D eigenvalue weighted by Crippen LogP contribution is 2.31. The zero-order valence-electron chi connectivity index (χ0n) is 15.5. The molecule has 5 nitrogen and oxygen atoms in total. The number of benzene rings is 1. The summed E-state index contributed by atoms with van der Waals surface area (Å²) in [5.74, 6) is 0.102. The lowest BCUT2D eigenvalue weighted by atomic mass is 9.95. The summed E-state index contributed by atoms with van der Waals surface area (Å²) < 4.78 is 0. The molecule has 0 spiro atoms. The number of nitrogens with zero attached hydrogens (tertiary/aromatic N) is 1. The fourth-order valence-electron chi connectivity index (χ4n) is 2.99. The van der Waals surface area contributed by atoms with E-state index in [1.54, 1.807) is 6.21 Å². The molecular formula is C19H25Cl2N3O2. The van der Waals surface area contributed by atoms with E-state index >= 15 is 0 Å². The molecule has 3 rings (SSSR count). The second-order valence-electron chi connectivity index (χ2n) is 7.23. The number of hydrogen-bond acceptors (Lipinski definition) is 3. The van der Waals surface area contributed by atoms with Crippen molar-refractivity contribution < 1.29 is 9.63 Å². The van der Waals surface area contributed by atoms with E-state index in [1.807, 2.05) is 26.8 Å². The maximum Gasteiger partial charge on any atom is 0.225 e. The molecule has 1 heterocycles. The largest absolute Gasteiger partial charge is 0.399 e. The number of amides is 1. The Kier molecular flexibility index (Phi) is 6.95. The van der Waals surface area contributed by atoms with Crippen molar-refractivity contribution >= 4 is 46.2 Å². The average Bonchev–Trinajstić information content (AvgIpc) is 3.10. The normalized spacial score (nSPS) is 16.3.